The summed E-state index contributed by atoms with van der Waals surface area (Å²) >= 11 is 0. The molecule has 0 aliphatic carbocycles. The smallest absolute Gasteiger partial charge is 0.268 e. The van der Waals surface area contributed by atoms with Crippen LogP contribution in [0, 0.1) is 11.6 Å². The Morgan fingerprint density at radius 1 is 1.09 bits per heavy atom. The molecule has 1 saturated heterocycles. The first-order chi connectivity index (χ1) is 15.8. The fraction of sp³-hybridized carbons (Fsp3) is 0.208. The van der Waals surface area contributed by atoms with Crippen LogP contribution in [0.25, 0.3) is 11.1 Å². The van der Waals surface area contributed by atoms with Gasteiger partial charge in [-0.3, -0.25) is 14.4 Å². The fourth-order valence-corrected chi connectivity index (χ4v) is 4.46. The first-order valence-electron chi connectivity index (χ1n) is 10.5. The zero-order chi connectivity index (χ0) is 23.3. The van der Waals surface area contributed by atoms with E-state index < -0.39 is 29.6 Å². The van der Waals surface area contributed by atoms with Gasteiger partial charge in [-0.2, -0.15) is 0 Å². The van der Waals surface area contributed by atoms with E-state index in [9.17, 15) is 23.2 Å². The van der Waals surface area contributed by atoms with Gasteiger partial charge in [0.15, 0.2) is 0 Å². The van der Waals surface area contributed by atoms with Crippen LogP contribution in [0.5, 0.6) is 0 Å². The number of carbonyl (C=O) groups is 3. The molecule has 2 aliphatic heterocycles. The minimum atomic E-state index is -0.748. The monoisotopic (exact) mass is 450 g/mol. The molecule has 5 rings (SSSR count). The predicted octanol–water partition coefficient (Wildman–Crippen LogP) is 2.94. The average molecular weight is 450 g/mol. The van der Waals surface area contributed by atoms with E-state index in [0.29, 0.717) is 16.9 Å². The Morgan fingerprint density at radius 2 is 1.91 bits per heavy atom. The Morgan fingerprint density at radius 3 is 2.64 bits per heavy atom. The van der Waals surface area contributed by atoms with Gasteiger partial charge in [0.25, 0.3) is 11.8 Å². The number of hydrogen-bond acceptors (Lipinski definition) is 3. The van der Waals surface area contributed by atoms with Crippen molar-refractivity contribution in [1.29, 1.82) is 0 Å². The number of anilines is 1. The van der Waals surface area contributed by atoms with E-state index >= 15 is 0 Å². The Kier molecular flexibility index (Phi) is 4.96. The Labute approximate surface area is 188 Å². The van der Waals surface area contributed by atoms with Crippen molar-refractivity contribution in [3.63, 3.8) is 0 Å². The molecule has 3 amide bonds. The van der Waals surface area contributed by atoms with Crippen molar-refractivity contribution in [1.82, 2.24) is 14.8 Å². The van der Waals surface area contributed by atoms with Crippen molar-refractivity contribution in [3.8, 4) is 11.1 Å². The normalized spacial score (nSPS) is 19.5. The maximum atomic E-state index is 14.3. The van der Waals surface area contributed by atoms with Gasteiger partial charge in [-0.1, -0.05) is 6.07 Å². The van der Waals surface area contributed by atoms with Crippen LogP contribution < -0.4 is 10.6 Å². The molecule has 2 N–H and O–H groups in total. The molecule has 0 unspecified atom stereocenters. The van der Waals surface area contributed by atoms with Crippen molar-refractivity contribution < 1.29 is 23.2 Å². The topological polar surface area (TPSA) is 83.4 Å². The number of carbonyl (C=O) groups excluding carboxylic acids is 3. The highest BCUT2D eigenvalue weighted by molar-refractivity contribution is 6.11. The second-order valence-electron chi connectivity index (χ2n) is 8.26. The molecule has 0 radical (unpaired) electrons. The molecular weight excluding hydrogens is 430 g/mol. The highest BCUT2D eigenvalue weighted by atomic mass is 19.1. The lowest BCUT2D eigenvalue weighted by atomic mass is 10.0. The minimum Gasteiger partial charge on any atom is -0.347 e. The largest absolute Gasteiger partial charge is 0.347 e. The number of hydrogen-bond donors (Lipinski definition) is 2. The second-order valence-corrected chi connectivity index (χ2v) is 8.26. The van der Waals surface area contributed by atoms with E-state index in [0.717, 1.165) is 12.1 Å². The summed E-state index contributed by atoms with van der Waals surface area (Å²) in [6.07, 6.45) is 2.04. The van der Waals surface area contributed by atoms with Crippen LogP contribution >= 0.6 is 0 Å². The minimum absolute atomic E-state index is 0.147. The summed E-state index contributed by atoms with van der Waals surface area (Å²) in [6.45, 7) is 0.168. The molecular formula is C24H20F2N4O3. The molecule has 168 valence electrons. The Balaban J connectivity index is 1.42. The van der Waals surface area contributed by atoms with E-state index in [4.69, 9.17) is 0 Å². The van der Waals surface area contributed by atoms with Crippen LogP contribution in [0.2, 0.25) is 0 Å². The molecule has 3 aromatic rings. The third-order valence-electron chi connectivity index (χ3n) is 6.13. The van der Waals surface area contributed by atoms with Crippen LogP contribution in [0.1, 0.15) is 27.3 Å². The molecule has 33 heavy (non-hydrogen) atoms. The van der Waals surface area contributed by atoms with Gasteiger partial charge in [-0.05, 0) is 48.4 Å². The first kappa shape index (κ1) is 20.9. The lowest BCUT2D eigenvalue weighted by molar-refractivity contribution is -0.119. The number of aromatic nitrogens is 1. The molecule has 7 nitrogen and oxygen atoms in total. The molecule has 1 fully saturated rings. The molecule has 2 aliphatic rings. The quantitative estimate of drug-likeness (QED) is 0.644. The van der Waals surface area contributed by atoms with E-state index in [-0.39, 0.29) is 35.9 Å². The molecule has 0 spiro atoms. The zero-order valence-electron chi connectivity index (χ0n) is 17.6. The second kappa shape index (κ2) is 7.84. The third-order valence-corrected chi connectivity index (χ3v) is 6.13. The van der Waals surface area contributed by atoms with Crippen LogP contribution in [0.15, 0.2) is 54.7 Å². The van der Waals surface area contributed by atoms with Gasteiger partial charge in [0.2, 0.25) is 5.91 Å². The molecule has 2 atom stereocenters. The van der Waals surface area contributed by atoms with Gasteiger partial charge in [-0.25, -0.2) is 8.78 Å². The number of nitrogens with zero attached hydrogens (tertiary/aromatic N) is 2. The summed E-state index contributed by atoms with van der Waals surface area (Å²) in [5.41, 5.74) is 1.55. The van der Waals surface area contributed by atoms with Gasteiger partial charge in [0, 0.05) is 37.5 Å². The fourth-order valence-electron chi connectivity index (χ4n) is 4.46. The summed E-state index contributed by atoms with van der Waals surface area (Å²) in [5, 5.41) is 5.66. The standard InChI is InChI=1S/C24H20F2N4O3/c1-29-8-2-3-20(29)22(31)27-15-11-21-23(32)28-19-7-4-13(9-17(19)24(33)30(21)12-15)16-6-5-14(25)10-18(16)26/h2-10,15,21H,11-12H2,1H3,(H,27,31)(H,28,32)/t15-,21-/m0/s1. The number of aryl methyl sites for hydroxylation is 1. The summed E-state index contributed by atoms with van der Waals surface area (Å²) < 4.78 is 29.3. The molecule has 0 bridgehead atoms. The number of fused-ring (bicyclic) bond motifs is 2. The number of amides is 3. The third kappa shape index (κ3) is 3.65. The van der Waals surface area contributed by atoms with Gasteiger partial charge in [0.1, 0.15) is 23.4 Å². The molecule has 1 aromatic heterocycles. The summed E-state index contributed by atoms with van der Waals surface area (Å²) in [7, 11) is 1.76. The maximum Gasteiger partial charge on any atom is 0.268 e. The van der Waals surface area contributed by atoms with E-state index in [2.05, 4.69) is 10.6 Å². The van der Waals surface area contributed by atoms with Gasteiger partial charge in [0.05, 0.1) is 11.3 Å². The van der Waals surface area contributed by atoms with Crippen LogP contribution in [-0.2, 0) is 11.8 Å². The summed E-state index contributed by atoms with van der Waals surface area (Å²) in [6, 6.07) is 10.1. The van der Waals surface area contributed by atoms with Crippen molar-refractivity contribution >= 4 is 23.4 Å². The molecule has 0 saturated carbocycles. The SMILES string of the molecule is Cn1cccc1C(=O)N[C@H]1C[C@H]2C(=O)Nc3ccc(-c4ccc(F)cc4F)cc3C(=O)N2C1. The number of benzene rings is 2. The Bertz CT molecular complexity index is 1300. The summed E-state index contributed by atoms with van der Waals surface area (Å²) in [4.78, 5) is 40.2. The average Bonchev–Trinajstić information content (AvgIpc) is 3.38. The predicted molar refractivity (Wildman–Crippen MR) is 117 cm³/mol. The zero-order valence-corrected chi connectivity index (χ0v) is 17.6. The van der Waals surface area contributed by atoms with Crippen LogP contribution in [-0.4, -0.2) is 45.8 Å². The van der Waals surface area contributed by atoms with Crippen molar-refractivity contribution in [3.05, 3.63) is 77.6 Å². The lowest BCUT2D eigenvalue weighted by Gasteiger charge is -2.20. The molecule has 9 heteroatoms. The van der Waals surface area contributed by atoms with Gasteiger partial charge >= 0.3 is 0 Å². The maximum absolute atomic E-state index is 14.3. The van der Waals surface area contributed by atoms with Crippen LogP contribution in [0.4, 0.5) is 14.5 Å². The van der Waals surface area contributed by atoms with Gasteiger partial charge in [-0.15, -0.1) is 0 Å². The molecule has 2 aromatic carbocycles. The molecule has 3 heterocycles. The van der Waals surface area contributed by atoms with Gasteiger partial charge < -0.3 is 20.1 Å². The van der Waals surface area contributed by atoms with Crippen LogP contribution in [0.3, 0.4) is 0 Å². The van der Waals surface area contributed by atoms with Crippen molar-refractivity contribution in [2.75, 3.05) is 11.9 Å². The van der Waals surface area contributed by atoms with E-state index in [1.807, 2.05) is 0 Å². The van der Waals surface area contributed by atoms with Crippen molar-refractivity contribution in [2.45, 2.75) is 18.5 Å². The number of halogens is 2. The number of rotatable bonds is 3. The van der Waals surface area contributed by atoms with Crippen molar-refractivity contribution in [2.24, 2.45) is 7.05 Å². The van der Waals surface area contributed by atoms with E-state index in [1.54, 1.807) is 42.1 Å². The first-order valence-corrected chi connectivity index (χ1v) is 10.5. The van der Waals surface area contributed by atoms with E-state index in [1.165, 1.54) is 17.0 Å². The number of nitrogens with one attached hydrogen (secondary N) is 2. The lowest BCUT2D eigenvalue weighted by Crippen LogP contribution is -2.41. The summed E-state index contributed by atoms with van der Waals surface area (Å²) in [5.74, 6) is -2.47. The Hall–Kier alpha value is -4.01. The highest BCUT2D eigenvalue weighted by Crippen LogP contribution is 2.33. The highest BCUT2D eigenvalue weighted by Gasteiger charge is 2.43.